The summed E-state index contributed by atoms with van der Waals surface area (Å²) in [5.41, 5.74) is 2.96. The van der Waals surface area contributed by atoms with Crippen molar-refractivity contribution in [1.29, 1.82) is 0 Å². The number of hydrogen-bond acceptors (Lipinski definition) is 4. The number of aliphatic carboxylic acids is 1. The van der Waals surface area contributed by atoms with Gasteiger partial charge in [-0.1, -0.05) is 15.9 Å². The lowest BCUT2D eigenvalue weighted by atomic mass is 9.71. The van der Waals surface area contributed by atoms with Crippen molar-refractivity contribution in [3.05, 3.63) is 33.8 Å². The smallest absolute Gasteiger partial charge is 0.324 e. The summed E-state index contributed by atoms with van der Waals surface area (Å²) >= 11 is 3.17. The fraction of sp³-hybridized carbons (Fsp3) is 0.231. The Morgan fingerprint density at radius 3 is 2.52 bits per heavy atom. The number of nitrogens with two attached hydrogens (primary N) is 1. The van der Waals surface area contributed by atoms with Gasteiger partial charge in [-0.05, 0) is 23.8 Å². The third kappa shape index (κ3) is 2.11. The molecule has 110 valence electrons. The molecule has 8 heteroatoms. The molecule has 1 unspecified atom stereocenters. The fourth-order valence-electron chi connectivity index (χ4n) is 2.44. The molecule has 0 aliphatic carbocycles. The highest BCUT2D eigenvalue weighted by Gasteiger charge is 2.56. The number of rotatable bonds is 3. The topological polar surface area (TPSA) is 118 Å². The zero-order valence-electron chi connectivity index (χ0n) is 10.9. The van der Waals surface area contributed by atoms with Crippen molar-refractivity contribution in [3.63, 3.8) is 0 Å². The fourth-order valence-corrected chi connectivity index (χ4v) is 2.81. The molecule has 0 radical (unpaired) electrons. The predicted octanol–water partition coefficient (Wildman–Crippen LogP) is 0.259. The second-order valence-corrected chi connectivity index (χ2v) is 5.63. The van der Waals surface area contributed by atoms with E-state index in [2.05, 4.69) is 15.9 Å². The highest BCUT2D eigenvalue weighted by atomic mass is 79.9. The Hall–Kier alpha value is -2.22. The number of primary amides is 1. The maximum Gasteiger partial charge on any atom is 0.324 e. The van der Waals surface area contributed by atoms with E-state index in [9.17, 15) is 24.3 Å². The number of likely N-dealkylation sites (N-methyl/N-ethyl adjacent to an activating group) is 1. The minimum atomic E-state index is -2.19. The van der Waals surface area contributed by atoms with Crippen LogP contribution in [0, 0.1) is 0 Å². The maximum atomic E-state index is 12.4. The molecule has 2 rings (SSSR count). The first-order valence-electron chi connectivity index (χ1n) is 5.86. The van der Waals surface area contributed by atoms with Crippen LogP contribution in [0.5, 0.6) is 0 Å². The molecule has 21 heavy (non-hydrogen) atoms. The summed E-state index contributed by atoms with van der Waals surface area (Å²) in [7, 11) is 1.17. The Morgan fingerprint density at radius 2 is 2.00 bits per heavy atom. The van der Waals surface area contributed by atoms with E-state index in [0.29, 0.717) is 9.37 Å². The number of carboxylic acid groups (broad SMARTS) is 1. The van der Waals surface area contributed by atoms with Crippen LogP contribution in [0.4, 0.5) is 0 Å². The largest absolute Gasteiger partial charge is 0.480 e. The van der Waals surface area contributed by atoms with E-state index in [-0.39, 0.29) is 11.1 Å². The number of hydrogen-bond donors (Lipinski definition) is 2. The number of halogens is 1. The van der Waals surface area contributed by atoms with Crippen LogP contribution in [-0.2, 0) is 19.8 Å². The van der Waals surface area contributed by atoms with Gasteiger partial charge in [0.05, 0.1) is 6.42 Å². The molecule has 0 fully saturated rings. The Labute approximate surface area is 127 Å². The van der Waals surface area contributed by atoms with Gasteiger partial charge < -0.3 is 10.8 Å². The molecule has 1 aromatic carbocycles. The number of nitrogens with zero attached hydrogens (tertiary/aromatic N) is 1. The summed E-state index contributed by atoms with van der Waals surface area (Å²) < 4.78 is 0.487. The van der Waals surface area contributed by atoms with Crippen molar-refractivity contribution in [2.45, 2.75) is 11.8 Å². The maximum absolute atomic E-state index is 12.4. The van der Waals surface area contributed by atoms with Crippen molar-refractivity contribution >= 4 is 39.6 Å². The molecule has 3 N–H and O–H groups in total. The highest BCUT2D eigenvalue weighted by Crippen LogP contribution is 2.39. The normalized spacial score (nSPS) is 21.1. The Bertz CT molecular complexity index is 687. The van der Waals surface area contributed by atoms with Crippen molar-refractivity contribution in [2.24, 2.45) is 5.73 Å². The molecule has 0 bridgehead atoms. The van der Waals surface area contributed by atoms with Crippen molar-refractivity contribution in [2.75, 3.05) is 7.05 Å². The van der Waals surface area contributed by atoms with Crippen LogP contribution < -0.4 is 5.73 Å². The van der Waals surface area contributed by atoms with Gasteiger partial charge in [0.25, 0.3) is 11.8 Å². The van der Waals surface area contributed by atoms with E-state index in [1.165, 1.54) is 19.2 Å². The molecule has 0 saturated heterocycles. The zero-order valence-corrected chi connectivity index (χ0v) is 12.5. The second kappa shape index (κ2) is 4.96. The molecule has 0 spiro atoms. The van der Waals surface area contributed by atoms with Crippen LogP contribution in [-0.4, -0.2) is 40.7 Å². The molecular formula is C13H11BrN2O5. The molecule has 1 heterocycles. The van der Waals surface area contributed by atoms with Crippen LogP contribution in [0.1, 0.15) is 22.3 Å². The Balaban J connectivity index is 2.85. The molecule has 7 nitrogen and oxygen atoms in total. The van der Waals surface area contributed by atoms with Gasteiger partial charge >= 0.3 is 5.97 Å². The van der Waals surface area contributed by atoms with E-state index in [1.54, 1.807) is 6.07 Å². The van der Waals surface area contributed by atoms with Crippen LogP contribution in [0.2, 0.25) is 0 Å². The average Bonchev–Trinajstić information content (AvgIpc) is 2.40. The van der Waals surface area contributed by atoms with E-state index >= 15 is 0 Å². The first-order valence-corrected chi connectivity index (χ1v) is 6.65. The van der Waals surface area contributed by atoms with Gasteiger partial charge in [-0.25, -0.2) is 0 Å². The van der Waals surface area contributed by atoms with Gasteiger partial charge in [0.2, 0.25) is 5.91 Å². The summed E-state index contributed by atoms with van der Waals surface area (Å²) in [6.45, 7) is 0. The highest BCUT2D eigenvalue weighted by molar-refractivity contribution is 9.10. The van der Waals surface area contributed by atoms with E-state index in [1.807, 2.05) is 0 Å². The molecule has 0 saturated carbocycles. The van der Waals surface area contributed by atoms with E-state index in [0.717, 1.165) is 0 Å². The van der Waals surface area contributed by atoms with Gasteiger partial charge in [-0.15, -0.1) is 0 Å². The number of amides is 3. The quantitative estimate of drug-likeness (QED) is 0.596. The van der Waals surface area contributed by atoms with E-state index in [4.69, 9.17) is 5.73 Å². The minimum Gasteiger partial charge on any atom is -0.480 e. The first kappa shape index (κ1) is 15.2. The number of benzene rings is 1. The molecule has 3 amide bonds. The van der Waals surface area contributed by atoms with Crippen molar-refractivity contribution in [3.8, 4) is 0 Å². The Kier molecular flexibility index (Phi) is 3.58. The van der Waals surface area contributed by atoms with Crippen LogP contribution in [0.3, 0.4) is 0 Å². The minimum absolute atomic E-state index is 0.0312. The monoisotopic (exact) mass is 354 g/mol. The summed E-state index contributed by atoms with van der Waals surface area (Å²) in [6.07, 6.45) is -0.720. The molecule has 1 atom stereocenters. The second-order valence-electron chi connectivity index (χ2n) is 4.71. The molecule has 0 aromatic heterocycles. The van der Waals surface area contributed by atoms with Gasteiger partial charge in [0.1, 0.15) is 0 Å². The predicted molar refractivity (Wildman–Crippen MR) is 74.4 cm³/mol. The third-order valence-electron chi connectivity index (χ3n) is 3.45. The van der Waals surface area contributed by atoms with Gasteiger partial charge in [0.15, 0.2) is 5.41 Å². The summed E-state index contributed by atoms with van der Waals surface area (Å²) in [4.78, 5) is 48.3. The average molecular weight is 355 g/mol. The number of imide groups is 1. The van der Waals surface area contributed by atoms with Crippen LogP contribution in [0.25, 0.3) is 0 Å². The summed E-state index contributed by atoms with van der Waals surface area (Å²) in [5, 5.41) is 9.57. The lowest BCUT2D eigenvalue weighted by Crippen LogP contribution is -2.58. The van der Waals surface area contributed by atoms with Gasteiger partial charge in [-0.3, -0.25) is 24.1 Å². The lowest BCUT2D eigenvalue weighted by Gasteiger charge is -2.36. The number of fused-ring (bicyclic) bond motifs is 1. The van der Waals surface area contributed by atoms with Crippen LogP contribution >= 0.6 is 15.9 Å². The standard InChI is InChI=1S/C13H11BrN2O5/c1-16-10(18)7-3-2-6(14)4-8(7)13(11(16)19,12(20)21)5-9(15)17/h2-4H,5H2,1H3,(H2,15,17)(H,20,21). The lowest BCUT2D eigenvalue weighted by molar-refractivity contribution is -0.155. The molecule has 1 aliphatic rings. The Morgan fingerprint density at radius 1 is 1.38 bits per heavy atom. The third-order valence-corrected chi connectivity index (χ3v) is 3.94. The number of carboxylic acids is 1. The van der Waals surface area contributed by atoms with Crippen molar-refractivity contribution < 1.29 is 24.3 Å². The molecule has 1 aliphatic heterocycles. The summed E-state index contributed by atoms with van der Waals surface area (Å²) in [5.74, 6) is -4.07. The first-order chi connectivity index (χ1) is 9.71. The number of carbonyl (C=O) groups excluding carboxylic acids is 3. The van der Waals surface area contributed by atoms with E-state index < -0.39 is 35.5 Å². The van der Waals surface area contributed by atoms with Crippen molar-refractivity contribution in [1.82, 2.24) is 4.90 Å². The molecule has 1 aromatic rings. The van der Waals surface area contributed by atoms with Crippen LogP contribution in [0.15, 0.2) is 22.7 Å². The zero-order chi connectivity index (χ0) is 15.9. The summed E-state index contributed by atoms with van der Waals surface area (Å²) in [6, 6.07) is 4.32. The van der Waals surface area contributed by atoms with Gasteiger partial charge in [-0.2, -0.15) is 0 Å². The van der Waals surface area contributed by atoms with Gasteiger partial charge in [0, 0.05) is 17.1 Å². The number of carbonyl (C=O) groups is 4. The SMILES string of the molecule is CN1C(=O)c2ccc(Br)cc2C(CC(N)=O)(C(=O)O)C1=O. The molecular weight excluding hydrogens is 344 g/mol.